The summed E-state index contributed by atoms with van der Waals surface area (Å²) in [4.78, 5) is 22.7. The van der Waals surface area contributed by atoms with Gasteiger partial charge < -0.3 is 14.8 Å². The van der Waals surface area contributed by atoms with E-state index >= 15 is 0 Å². The highest BCUT2D eigenvalue weighted by atomic mass is 16.5. The maximum atomic E-state index is 11.9. The van der Waals surface area contributed by atoms with Gasteiger partial charge in [0, 0.05) is 11.3 Å². The summed E-state index contributed by atoms with van der Waals surface area (Å²) < 4.78 is 10.6. The minimum Gasteiger partial charge on any atom is -0.493 e. The number of aryl methyl sites for hydroxylation is 1. The monoisotopic (exact) mass is 299 g/mol. The molecule has 5 nitrogen and oxygen atoms in total. The highest BCUT2D eigenvalue weighted by Crippen LogP contribution is 2.27. The van der Waals surface area contributed by atoms with Gasteiger partial charge in [0.15, 0.2) is 18.1 Å². The van der Waals surface area contributed by atoms with E-state index in [2.05, 4.69) is 5.32 Å². The Morgan fingerprint density at radius 2 is 1.86 bits per heavy atom. The van der Waals surface area contributed by atoms with Crippen LogP contribution in [0, 0.1) is 6.92 Å². The van der Waals surface area contributed by atoms with Crippen LogP contribution < -0.4 is 14.8 Å². The molecule has 5 heteroatoms. The quantitative estimate of drug-likeness (QED) is 0.833. The molecule has 0 radical (unpaired) electrons. The molecule has 0 aromatic heterocycles. The van der Waals surface area contributed by atoms with Gasteiger partial charge in [0.1, 0.15) is 6.29 Å². The third-order valence-electron chi connectivity index (χ3n) is 3.02. The molecule has 0 fully saturated rings. The molecule has 2 aromatic carbocycles. The number of hydrogen-bond donors (Lipinski definition) is 1. The van der Waals surface area contributed by atoms with Crippen molar-refractivity contribution in [1.82, 2.24) is 0 Å². The van der Waals surface area contributed by atoms with E-state index < -0.39 is 0 Å². The second-order valence-corrected chi connectivity index (χ2v) is 4.73. The number of anilines is 1. The first kappa shape index (κ1) is 15.6. The van der Waals surface area contributed by atoms with Crippen molar-refractivity contribution >= 4 is 17.9 Å². The maximum Gasteiger partial charge on any atom is 0.262 e. The largest absolute Gasteiger partial charge is 0.493 e. The Balaban J connectivity index is 1.98. The van der Waals surface area contributed by atoms with Crippen molar-refractivity contribution in [3.63, 3.8) is 0 Å². The van der Waals surface area contributed by atoms with Crippen LogP contribution in [-0.2, 0) is 4.79 Å². The zero-order valence-electron chi connectivity index (χ0n) is 12.5. The normalized spacial score (nSPS) is 9.91. The van der Waals surface area contributed by atoms with Gasteiger partial charge in [0.05, 0.1) is 7.11 Å². The van der Waals surface area contributed by atoms with Crippen molar-refractivity contribution in [1.29, 1.82) is 0 Å². The third-order valence-corrected chi connectivity index (χ3v) is 3.02. The standard InChI is InChI=1S/C17H17NO4/c1-12-3-6-14(7-4-12)18-17(20)11-22-16-9-13(10-19)5-8-15(16)21-2/h3-10H,11H2,1-2H3,(H,18,20). The third kappa shape index (κ3) is 4.09. The Morgan fingerprint density at radius 1 is 1.14 bits per heavy atom. The average molecular weight is 299 g/mol. The van der Waals surface area contributed by atoms with Crippen LogP contribution in [0.15, 0.2) is 42.5 Å². The predicted molar refractivity (Wildman–Crippen MR) is 83.7 cm³/mol. The van der Waals surface area contributed by atoms with Crippen molar-refractivity contribution in [2.75, 3.05) is 19.0 Å². The number of nitrogens with one attached hydrogen (secondary N) is 1. The molecule has 0 unspecified atom stereocenters. The second-order valence-electron chi connectivity index (χ2n) is 4.73. The van der Waals surface area contributed by atoms with Crippen LogP contribution in [0.25, 0.3) is 0 Å². The molecule has 1 amide bonds. The van der Waals surface area contributed by atoms with Crippen LogP contribution in [0.2, 0.25) is 0 Å². The molecule has 0 aliphatic heterocycles. The van der Waals surface area contributed by atoms with Crippen LogP contribution in [0.1, 0.15) is 15.9 Å². The van der Waals surface area contributed by atoms with Gasteiger partial charge in [-0.1, -0.05) is 17.7 Å². The summed E-state index contributed by atoms with van der Waals surface area (Å²) >= 11 is 0. The fourth-order valence-electron chi connectivity index (χ4n) is 1.86. The number of ether oxygens (including phenoxy) is 2. The first-order chi connectivity index (χ1) is 10.6. The lowest BCUT2D eigenvalue weighted by atomic mass is 10.2. The Hall–Kier alpha value is -2.82. The molecule has 0 bridgehead atoms. The van der Waals surface area contributed by atoms with Crippen molar-refractivity contribution in [3.05, 3.63) is 53.6 Å². The van der Waals surface area contributed by atoms with Crippen LogP contribution in [0.5, 0.6) is 11.5 Å². The van der Waals surface area contributed by atoms with Gasteiger partial charge in [0.25, 0.3) is 5.91 Å². The van der Waals surface area contributed by atoms with Crippen LogP contribution in [0.3, 0.4) is 0 Å². The van der Waals surface area contributed by atoms with Crippen molar-refractivity contribution < 1.29 is 19.1 Å². The number of methoxy groups -OCH3 is 1. The molecule has 2 rings (SSSR count). The number of amides is 1. The lowest BCUT2D eigenvalue weighted by Crippen LogP contribution is -2.20. The van der Waals surface area contributed by atoms with E-state index in [1.165, 1.54) is 13.2 Å². The van der Waals surface area contributed by atoms with Gasteiger partial charge in [-0.05, 0) is 37.3 Å². The first-order valence-corrected chi connectivity index (χ1v) is 6.75. The minimum atomic E-state index is -0.289. The molecule has 0 saturated carbocycles. The summed E-state index contributed by atoms with van der Waals surface area (Å²) in [5, 5.41) is 2.73. The summed E-state index contributed by atoms with van der Waals surface area (Å²) in [5.41, 5.74) is 2.27. The van der Waals surface area contributed by atoms with Crippen LogP contribution >= 0.6 is 0 Å². The fourth-order valence-corrected chi connectivity index (χ4v) is 1.86. The fraction of sp³-hybridized carbons (Fsp3) is 0.176. The zero-order chi connectivity index (χ0) is 15.9. The number of carbonyl (C=O) groups is 2. The summed E-state index contributed by atoms with van der Waals surface area (Å²) in [5.74, 6) is 0.530. The second kappa shape index (κ2) is 7.26. The van der Waals surface area contributed by atoms with Crippen molar-refractivity contribution in [2.24, 2.45) is 0 Å². The highest BCUT2D eigenvalue weighted by Gasteiger charge is 2.09. The van der Waals surface area contributed by atoms with Crippen LogP contribution in [0.4, 0.5) is 5.69 Å². The molecule has 0 saturated heterocycles. The van der Waals surface area contributed by atoms with E-state index in [-0.39, 0.29) is 12.5 Å². The summed E-state index contributed by atoms with van der Waals surface area (Å²) in [6.45, 7) is 1.80. The lowest BCUT2D eigenvalue weighted by molar-refractivity contribution is -0.118. The number of rotatable bonds is 6. The predicted octanol–water partition coefficient (Wildman–Crippen LogP) is 2.83. The van der Waals surface area contributed by atoms with E-state index in [0.29, 0.717) is 29.0 Å². The molecule has 0 aliphatic rings. The number of carbonyl (C=O) groups excluding carboxylic acids is 2. The molecule has 22 heavy (non-hydrogen) atoms. The number of benzene rings is 2. The lowest BCUT2D eigenvalue weighted by Gasteiger charge is -2.11. The van der Waals surface area contributed by atoms with Gasteiger partial charge in [-0.3, -0.25) is 9.59 Å². The SMILES string of the molecule is COc1ccc(C=O)cc1OCC(=O)Nc1ccc(C)cc1. The molecule has 0 atom stereocenters. The molecule has 114 valence electrons. The topological polar surface area (TPSA) is 64.6 Å². The molecule has 0 spiro atoms. The zero-order valence-corrected chi connectivity index (χ0v) is 12.5. The first-order valence-electron chi connectivity index (χ1n) is 6.75. The Morgan fingerprint density at radius 3 is 2.50 bits per heavy atom. The maximum absolute atomic E-state index is 11.9. The van der Waals surface area contributed by atoms with E-state index in [1.807, 2.05) is 31.2 Å². The summed E-state index contributed by atoms with van der Waals surface area (Å²) in [6.07, 6.45) is 0.707. The molecule has 1 N–H and O–H groups in total. The Labute approximate surface area is 128 Å². The van der Waals surface area contributed by atoms with Gasteiger partial charge in [-0.25, -0.2) is 0 Å². The van der Waals surface area contributed by atoms with Gasteiger partial charge >= 0.3 is 0 Å². The van der Waals surface area contributed by atoms with E-state index in [0.717, 1.165) is 5.56 Å². The van der Waals surface area contributed by atoms with Gasteiger partial charge in [-0.2, -0.15) is 0 Å². The molecule has 2 aromatic rings. The molecule has 0 aliphatic carbocycles. The summed E-state index contributed by atoms with van der Waals surface area (Å²) in [7, 11) is 1.50. The Kier molecular flexibility index (Phi) is 5.14. The summed E-state index contributed by atoms with van der Waals surface area (Å²) in [6, 6.07) is 12.2. The average Bonchev–Trinajstić information content (AvgIpc) is 2.54. The number of aldehydes is 1. The minimum absolute atomic E-state index is 0.174. The van der Waals surface area contributed by atoms with E-state index in [9.17, 15) is 9.59 Å². The number of hydrogen-bond acceptors (Lipinski definition) is 4. The molecule has 0 heterocycles. The smallest absolute Gasteiger partial charge is 0.262 e. The van der Waals surface area contributed by atoms with Gasteiger partial charge in [-0.15, -0.1) is 0 Å². The van der Waals surface area contributed by atoms with E-state index in [4.69, 9.17) is 9.47 Å². The van der Waals surface area contributed by atoms with Crippen molar-refractivity contribution in [2.45, 2.75) is 6.92 Å². The van der Waals surface area contributed by atoms with Crippen molar-refractivity contribution in [3.8, 4) is 11.5 Å². The molecular formula is C17H17NO4. The van der Waals surface area contributed by atoms with Gasteiger partial charge in [0.2, 0.25) is 0 Å². The van der Waals surface area contributed by atoms with Crippen LogP contribution in [-0.4, -0.2) is 25.9 Å². The molecular weight excluding hydrogens is 282 g/mol. The Bertz CT molecular complexity index is 665. The highest BCUT2D eigenvalue weighted by molar-refractivity contribution is 5.91. The van der Waals surface area contributed by atoms with E-state index in [1.54, 1.807) is 12.1 Å².